The molecular weight excluding hydrogens is 378 g/mol. The van der Waals surface area contributed by atoms with E-state index in [-0.39, 0.29) is 29.8 Å². The molecule has 2 heterocycles. The molecule has 1 fully saturated rings. The van der Waals surface area contributed by atoms with Crippen LogP contribution in [0.1, 0.15) is 22.3 Å². The van der Waals surface area contributed by atoms with E-state index in [4.69, 9.17) is 0 Å². The van der Waals surface area contributed by atoms with Crippen molar-refractivity contribution in [2.45, 2.75) is 17.7 Å². The van der Waals surface area contributed by atoms with E-state index in [9.17, 15) is 18.0 Å². The number of amides is 2. The Morgan fingerprint density at radius 3 is 2.36 bits per heavy atom. The summed E-state index contributed by atoms with van der Waals surface area (Å²) in [6.07, 6.45) is 1.03. The van der Waals surface area contributed by atoms with Gasteiger partial charge in [0.1, 0.15) is 0 Å². The molecule has 7 nitrogen and oxygen atoms in total. The van der Waals surface area contributed by atoms with Crippen molar-refractivity contribution in [3.05, 3.63) is 59.7 Å². The van der Waals surface area contributed by atoms with E-state index in [0.717, 1.165) is 11.3 Å². The van der Waals surface area contributed by atoms with Crippen LogP contribution in [0.3, 0.4) is 0 Å². The lowest BCUT2D eigenvalue weighted by Gasteiger charge is -2.34. The molecule has 1 saturated heterocycles. The number of hydrogen-bond donors (Lipinski definition) is 1. The highest BCUT2D eigenvalue weighted by Crippen LogP contribution is 2.25. The molecule has 146 valence electrons. The molecule has 28 heavy (non-hydrogen) atoms. The summed E-state index contributed by atoms with van der Waals surface area (Å²) < 4.78 is 26.8. The van der Waals surface area contributed by atoms with Gasteiger partial charge < -0.3 is 10.2 Å². The van der Waals surface area contributed by atoms with Crippen molar-refractivity contribution in [2.75, 3.05) is 31.5 Å². The Hall–Kier alpha value is -2.71. The van der Waals surface area contributed by atoms with Crippen LogP contribution in [-0.4, -0.2) is 55.6 Å². The van der Waals surface area contributed by atoms with Crippen molar-refractivity contribution in [1.82, 2.24) is 9.21 Å². The van der Waals surface area contributed by atoms with Crippen molar-refractivity contribution < 1.29 is 18.0 Å². The summed E-state index contributed by atoms with van der Waals surface area (Å²) in [7, 11) is -3.54. The van der Waals surface area contributed by atoms with Gasteiger partial charge in [-0.1, -0.05) is 18.2 Å². The second kappa shape index (κ2) is 7.37. The number of sulfonamides is 1. The van der Waals surface area contributed by atoms with Crippen LogP contribution in [0, 0.1) is 0 Å². The predicted octanol–water partition coefficient (Wildman–Crippen LogP) is 1.72. The fourth-order valence-corrected chi connectivity index (χ4v) is 5.02. The number of hydrogen-bond acceptors (Lipinski definition) is 4. The van der Waals surface area contributed by atoms with Gasteiger partial charge in [0.2, 0.25) is 15.9 Å². The highest BCUT2D eigenvalue weighted by molar-refractivity contribution is 7.89. The molecule has 4 rings (SSSR count). The Balaban J connectivity index is 1.44. The zero-order valence-electron chi connectivity index (χ0n) is 15.3. The lowest BCUT2D eigenvalue weighted by atomic mass is 10.00. The van der Waals surface area contributed by atoms with E-state index < -0.39 is 10.0 Å². The topological polar surface area (TPSA) is 86.8 Å². The number of piperazine rings is 1. The monoisotopic (exact) mass is 399 g/mol. The fraction of sp³-hybridized carbons (Fsp3) is 0.300. The minimum absolute atomic E-state index is 0.0117. The first-order valence-corrected chi connectivity index (χ1v) is 10.7. The first-order chi connectivity index (χ1) is 13.4. The van der Waals surface area contributed by atoms with Crippen LogP contribution in [0.2, 0.25) is 0 Å². The Bertz CT molecular complexity index is 1010. The highest BCUT2D eigenvalue weighted by Gasteiger charge is 2.30. The van der Waals surface area contributed by atoms with Crippen LogP contribution in [0.4, 0.5) is 5.69 Å². The van der Waals surface area contributed by atoms with Crippen molar-refractivity contribution in [2.24, 2.45) is 0 Å². The number of nitrogens with zero attached hydrogens (tertiary/aromatic N) is 2. The van der Waals surface area contributed by atoms with Crippen molar-refractivity contribution in [1.29, 1.82) is 0 Å². The Morgan fingerprint density at radius 2 is 1.64 bits per heavy atom. The van der Waals surface area contributed by atoms with Gasteiger partial charge in [0.25, 0.3) is 5.91 Å². The van der Waals surface area contributed by atoms with Crippen LogP contribution in [-0.2, 0) is 21.2 Å². The molecule has 0 saturated carbocycles. The Morgan fingerprint density at radius 1 is 0.929 bits per heavy atom. The quantitative estimate of drug-likeness (QED) is 0.851. The SMILES string of the molecule is O=C1CCc2cc(C(=O)N3CCN(S(=O)(=O)c4ccccc4)CC3)ccc2N1. The molecule has 1 N–H and O–H groups in total. The summed E-state index contributed by atoms with van der Waals surface area (Å²) in [5, 5.41) is 2.81. The van der Waals surface area contributed by atoms with Gasteiger partial charge in [-0.05, 0) is 42.3 Å². The molecule has 2 aliphatic rings. The third-order valence-corrected chi connectivity index (χ3v) is 7.07. The Labute approximate surface area is 164 Å². The summed E-state index contributed by atoms with van der Waals surface area (Å²) in [5.41, 5.74) is 2.27. The molecule has 2 aromatic rings. The Kier molecular flexibility index (Phi) is 4.91. The van der Waals surface area contributed by atoms with E-state index >= 15 is 0 Å². The molecule has 0 radical (unpaired) electrons. The maximum atomic E-state index is 12.8. The minimum atomic E-state index is -3.54. The second-order valence-electron chi connectivity index (χ2n) is 6.93. The number of carbonyl (C=O) groups excluding carboxylic acids is 2. The predicted molar refractivity (Wildman–Crippen MR) is 104 cm³/mol. The molecular formula is C20H21N3O4S. The van der Waals surface area contributed by atoms with E-state index in [1.54, 1.807) is 47.4 Å². The van der Waals surface area contributed by atoms with Crippen molar-refractivity contribution in [3.63, 3.8) is 0 Å². The second-order valence-corrected chi connectivity index (χ2v) is 8.87. The van der Waals surface area contributed by atoms with E-state index in [1.165, 1.54) is 4.31 Å². The van der Waals surface area contributed by atoms with Gasteiger partial charge in [-0.2, -0.15) is 4.31 Å². The number of fused-ring (bicyclic) bond motifs is 1. The van der Waals surface area contributed by atoms with Crippen LogP contribution in [0.15, 0.2) is 53.4 Å². The van der Waals surface area contributed by atoms with Gasteiger partial charge in [0.15, 0.2) is 0 Å². The first kappa shape index (κ1) is 18.6. The molecule has 0 aliphatic carbocycles. The molecule has 2 aromatic carbocycles. The molecule has 0 atom stereocenters. The largest absolute Gasteiger partial charge is 0.336 e. The van der Waals surface area contributed by atoms with Gasteiger partial charge in [0.05, 0.1) is 4.90 Å². The first-order valence-electron chi connectivity index (χ1n) is 9.22. The number of rotatable bonds is 3. The third-order valence-electron chi connectivity index (χ3n) is 5.15. The zero-order chi connectivity index (χ0) is 19.7. The molecule has 0 aromatic heterocycles. The average molecular weight is 399 g/mol. The van der Waals surface area contributed by atoms with Crippen LogP contribution in [0.5, 0.6) is 0 Å². The minimum Gasteiger partial charge on any atom is -0.336 e. The van der Waals surface area contributed by atoms with E-state index in [1.807, 2.05) is 6.07 Å². The third kappa shape index (κ3) is 3.53. The van der Waals surface area contributed by atoms with Gasteiger partial charge in [-0.15, -0.1) is 0 Å². The van der Waals surface area contributed by atoms with E-state index in [2.05, 4.69) is 5.32 Å². The standard InChI is InChI=1S/C20H21N3O4S/c24-19-9-7-15-14-16(6-8-18(15)21-19)20(25)22-10-12-23(13-11-22)28(26,27)17-4-2-1-3-5-17/h1-6,8,14H,7,9-13H2,(H,21,24). The summed E-state index contributed by atoms with van der Waals surface area (Å²) in [5.74, 6) is -0.126. The van der Waals surface area contributed by atoms with Crippen molar-refractivity contribution in [3.8, 4) is 0 Å². The molecule has 0 unspecified atom stereocenters. The molecule has 2 amide bonds. The maximum Gasteiger partial charge on any atom is 0.253 e. The van der Waals surface area contributed by atoms with Crippen LogP contribution < -0.4 is 5.32 Å². The van der Waals surface area contributed by atoms with Gasteiger partial charge in [0, 0.05) is 43.9 Å². The summed E-state index contributed by atoms with van der Waals surface area (Å²) in [6, 6.07) is 13.6. The normalized spacial score (nSPS) is 17.7. The molecule has 0 bridgehead atoms. The summed E-state index contributed by atoms with van der Waals surface area (Å²) >= 11 is 0. The average Bonchev–Trinajstić information content (AvgIpc) is 2.73. The summed E-state index contributed by atoms with van der Waals surface area (Å²) in [6.45, 7) is 1.23. The highest BCUT2D eigenvalue weighted by atomic mass is 32.2. The number of benzene rings is 2. The van der Waals surface area contributed by atoms with Gasteiger partial charge in [-0.3, -0.25) is 9.59 Å². The van der Waals surface area contributed by atoms with Crippen LogP contribution in [0.25, 0.3) is 0 Å². The molecule has 2 aliphatic heterocycles. The lowest BCUT2D eigenvalue weighted by molar-refractivity contribution is -0.116. The van der Waals surface area contributed by atoms with Gasteiger partial charge >= 0.3 is 0 Å². The van der Waals surface area contributed by atoms with E-state index in [0.29, 0.717) is 31.5 Å². The van der Waals surface area contributed by atoms with Gasteiger partial charge in [-0.25, -0.2) is 8.42 Å². The lowest BCUT2D eigenvalue weighted by Crippen LogP contribution is -2.50. The smallest absolute Gasteiger partial charge is 0.253 e. The number of aryl methyl sites for hydroxylation is 1. The summed E-state index contributed by atoms with van der Waals surface area (Å²) in [4.78, 5) is 26.3. The fourth-order valence-electron chi connectivity index (χ4n) is 3.57. The number of nitrogens with one attached hydrogen (secondary N) is 1. The molecule has 0 spiro atoms. The molecule has 8 heteroatoms. The van der Waals surface area contributed by atoms with Crippen molar-refractivity contribution >= 4 is 27.5 Å². The van der Waals surface area contributed by atoms with Crippen LogP contribution >= 0.6 is 0 Å². The maximum absolute atomic E-state index is 12.8. The number of carbonyl (C=O) groups is 2. The zero-order valence-corrected chi connectivity index (χ0v) is 16.1. The number of anilines is 1.